The number of carbonyl (C=O) groups is 2. The van der Waals surface area contributed by atoms with Gasteiger partial charge in [0.05, 0.1) is 12.3 Å². The highest BCUT2D eigenvalue weighted by Gasteiger charge is 2.17. The first-order chi connectivity index (χ1) is 11.8. The maximum atomic E-state index is 10.9. The highest BCUT2D eigenvalue weighted by atomic mass is 35.5. The predicted molar refractivity (Wildman–Crippen MR) is 99.4 cm³/mol. The van der Waals surface area contributed by atoms with Gasteiger partial charge in [0.2, 0.25) is 0 Å². The van der Waals surface area contributed by atoms with Crippen LogP contribution >= 0.6 is 23.2 Å². The summed E-state index contributed by atoms with van der Waals surface area (Å²) in [6, 6.07) is 13.7. The smallest absolute Gasteiger partial charge is 0.311 e. The number of carboxylic acid groups (broad SMARTS) is 2. The van der Waals surface area contributed by atoms with Crippen LogP contribution in [0.15, 0.2) is 61.2 Å². The molecule has 25 heavy (non-hydrogen) atoms. The number of hydrogen-bond acceptors (Lipinski definition) is 2. The summed E-state index contributed by atoms with van der Waals surface area (Å²) in [4.78, 5) is 21.1. The average molecular weight is 381 g/mol. The van der Waals surface area contributed by atoms with Crippen LogP contribution in [0, 0.1) is 0 Å². The molecule has 0 aromatic heterocycles. The first kappa shape index (κ1) is 20.7. The fourth-order valence-electron chi connectivity index (χ4n) is 2.09. The maximum absolute atomic E-state index is 10.9. The van der Waals surface area contributed by atoms with Crippen molar-refractivity contribution in [2.45, 2.75) is 18.8 Å². The van der Waals surface area contributed by atoms with Gasteiger partial charge in [-0.3, -0.25) is 9.59 Å². The molecule has 0 saturated heterocycles. The van der Waals surface area contributed by atoms with E-state index in [0.717, 1.165) is 5.56 Å². The van der Waals surface area contributed by atoms with E-state index in [4.69, 9.17) is 33.4 Å². The molecule has 0 amide bonds. The van der Waals surface area contributed by atoms with E-state index in [9.17, 15) is 9.59 Å². The molecule has 6 heteroatoms. The third-order valence-electron chi connectivity index (χ3n) is 3.20. The van der Waals surface area contributed by atoms with Gasteiger partial charge in [-0.2, -0.15) is 0 Å². The Morgan fingerprint density at radius 3 is 2.12 bits per heavy atom. The lowest BCUT2D eigenvalue weighted by atomic mass is 9.96. The predicted octanol–water partition coefficient (Wildman–Crippen LogP) is 5.05. The van der Waals surface area contributed by atoms with Crippen molar-refractivity contribution in [2.75, 3.05) is 0 Å². The molecule has 132 valence electrons. The lowest BCUT2D eigenvalue weighted by Gasteiger charge is -2.10. The lowest BCUT2D eigenvalue weighted by Crippen LogP contribution is -2.10. The molecule has 2 N–H and O–H groups in total. The van der Waals surface area contributed by atoms with Crippen molar-refractivity contribution >= 4 is 35.1 Å². The molecule has 2 rings (SSSR count). The van der Waals surface area contributed by atoms with Crippen LogP contribution in [0.3, 0.4) is 0 Å². The number of halogens is 2. The van der Waals surface area contributed by atoms with Crippen molar-refractivity contribution in [3.63, 3.8) is 0 Å². The van der Waals surface area contributed by atoms with Crippen LogP contribution in [0.2, 0.25) is 10.0 Å². The zero-order valence-corrected chi connectivity index (χ0v) is 14.9. The van der Waals surface area contributed by atoms with E-state index in [-0.39, 0.29) is 6.42 Å². The van der Waals surface area contributed by atoms with Crippen molar-refractivity contribution in [3.8, 4) is 0 Å². The Labute approximate surface area is 156 Å². The van der Waals surface area contributed by atoms with Gasteiger partial charge in [0.25, 0.3) is 0 Å². The molecule has 0 heterocycles. The number of allylic oxidation sites excluding steroid dienone is 1. The molecule has 2 aromatic carbocycles. The minimum absolute atomic E-state index is 0.0283. The summed E-state index contributed by atoms with van der Waals surface area (Å²) < 4.78 is 0. The molecule has 2 aromatic rings. The number of hydrogen-bond donors (Lipinski definition) is 2. The highest BCUT2D eigenvalue weighted by molar-refractivity contribution is 6.30. The molecule has 0 saturated carbocycles. The normalized spacial score (nSPS) is 11.0. The largest absolute Gasteiger partial charge is 0.481 e. The van der Waals surface area contributed by atoms with Crippen molar-refractivity contribution < 1.29 is 19.8 Å². The van der Waals surface area contributed by atoms with Crippen LogP contribution in [0.25, 0.3) is 0 Å². The third kappa shape index (κ3) is 7.88. The van der Waals surface area contributed by atoms with E-state index >= 15 is 0 Å². The molecule has 0 spiro atoms. The molecule has 0 radical (unpaired) electrons. The number of rotatable bonds is 6. The summed E-state index contributed by atoms with van der Waals surface area (Å²) in [7, 11) is 0. The maximum Gasteiger partial charge on any atom is 0.311 e. The fourth-order valence-corrected chi connectivity index (χ4v) is 2.50. The molecule has 0 aliphatic rings. The molecule has 1 unspecified atom stereocenters. The van der Waals surface area contributed by atoms with E-state index in [1.807, 2.05) is 0 Å². The summed E-state index contributed by atoms with van der Waals surface area (Å²) in [5.74, 6) is -2.24. The van der Waals surface area contributed by atoms with E-state index in [2.05, 4.69) is 6.58 Å². The second-order valence-corrected chi connectivity index (χ2v) is 6.04. The summed E-state index contributed by atoms with van der Waals surface area (Å²) in [5, 5.41) is 18.5. The first-order valence-corrected chi connectivity index (χ1v) is 8.14. The van der Waals surface area contributed by atoms with E-state index in [1.165, 1.54) is 0 Å². The third-order valence-corrected chi connectivity index (χ3v) is 3.67. The Hall–Kier alpha value is -2.30. The zero-order chi connectivity index (χ0) is 18.8. The standard InChI is InChI=1S/C11H11ClO2.C8H7ClO2/c1-2-4-10(11(13)14)8-5-3-6-9(12)7-8;9-7-3-1-2-6(4-7)5-8(10)11/h2-3,5-7,10H,1,4H2,(H,13,14);1-4H,5H2,(H,10,11). The van der Waals surface area contributed by atoms with Gasteiger partial charge in [-0.25, -0.2) is 0 Å². The van der Waals surface area contributed by atoms with Gasteiger partial charge in [0.15, 0.2) is 0 Å². The Morgan fingerprint density at radius 2 is 1.64 bits per heavy atom. The molecular weight excluding hydrogens is 363 g/mol. The second-order valence-electron chi connectivity index (χ2n) is 5.17. The van der Waals surface area contributed by atoms with E-state index in [1.54, 1.807) is 54.6 Å². The summed E-state index contributed by atoms with van der Waals surface area (Å²) in [6.07, 6.45) is 2.04. The Morgan fingerprint density at radius 1 is 1.04 bits per heavy atom. The Kier molecular flexibility index (Phi) is 8.75. The molecule has 1 atom stereocenters. The molecule has 0 bridgehead atoms. The van der Waals surface area contributed by atoms with Crippen molar-refractivity contribution in [3.05, 3.63) is 82.4 Å². The molecular formula is C19H18Cl2O4. The number of aliphatic carboxylic acids is 2. The van der Waals surface area contributed by atoms with Gasteiger partial charge < -0.3 is 10.2 Å². The van der Waals surface area contributed by atoms with Gasteiger partial charge in [0, 0.05) is 10.0 Å². The van der Waals surface area contributed by atoms with Crippen molar-refractivity contribution in [2.24, 2.45) is 0 Å². The van der Waals surface area contributed by atoms with Crippen LogP contribution in [0.1, 0.15) is 23.5 Å². The quantitative estimate of drug-likeness (QED) is 0.687. The zero-order valence-electron chi connectivity index (χ0n) is 13.4. The summed E-state index contributed by atoms with van der Waals surface area (Å²) in [6.45, 7) is 3.53. The monoisotopic (exact) mass is 380 g/mol. The topological polar surface area (TPSA) is 74.6 Å². The summed E-state index contributed by atoms with van der Waals surface area (Å²) in [5.41, 5.74) is 1.44. The van der Waals surface area contributed by atoms with Crippen LogP contribution in [0.4, 0.5) is 0 Å². The molecule has 0 aliphatic carbocycles. The van der Waals surface area contributed by atoms with Crippen molar-refractivity contribution in [1.29, 1.82) is 0 Å². The minimum atomic E-state index is -0.854. The van der Waals surface area contributed by atoms with Crippen LogP contribution in [-0.4, -0.2) is 22.2 Å². The average Bonchev–Trinajstić information content (AvgIpc) is 2.52. The van der Waals surface area contributed by atoms with Gasteiger partial charge in [-0.15, -0.1) is 6.58 Å². The van der Waals surface area contributed by atoms with Crippen LogP contribution in [-0.2, 0) is 16.0 Å². The molecule has 0 aliphatic heterocycles. The summed E-state index contributed by atoms with van der Waals surface area (Å²) >= 11 is 11.4. The SMILES string of the molecule is C=CCC(C(=O)O)c1cccc(Cl)c1.O=C(O)Cc1cccc(Cl)c1. The highest BCUT2D eigenvalue weighted by Crippen LogP contribution is 2.23. The molecule has 0 fully saturated rings. The minimum Gasteiger partial charge on any atom is -0.481 e. The van der Waals surface area contributed by atoms with E-state index in [0.29, 0.717) is 22.0 Å². The lowest BCUT2D eigenvalue weighted by molar-refractivity contribution is -0.139. The number of carboxylic acids is 2. The van der Waals surface area contributed by atoms with Gasteiger partial charge >= 0.3 is 11.9 Å². The first-order valence-electron chi connectivity index (χ1n) is 7.39. The fraction of sp³-hybridized carbons (Fsp3) is 0.158. The van der Waals surface area contributed by atoms with Gasteiger partial charge in [-0.1, -0.05) is 53.5 Å². The van der Waals surface area contributed by atoms with Crippen LogP contribution in [0.5, 0.6) is 0 Å². The van der Waals surface area contributed by atoms with E-state index < -0.39 is 17.9 Å². The van der Waals surface area contributed by atoms with Crippen LogP contribution < -0.4 is 0 Å². The second kappa shape index (κ2) is 10.5. The van der Waals surface area contributed by atoms with Gasteiger partial charge in [-0.05, 0) is 41.8 Å². The Bertz CT molecular complexity index is 744. The van der Waals surface area contributed by atoms with Crippen molar-refractivity contribution in [1.82, 2.24) is 0 Å². The molecule has 4 nitrogen and oxygen atoms in total. The number of benzene rings is 2. The Balaban J connectivity index is 0.000000257. The van der Waals surface area contributed by atoms with Gasteiger partial charge in [0.1, 0.15) is 0 Å².